The molecular formula is C23H26N2O3. The van der Waals surface area contributed by atoms with Gasteiger partial charge in [0, 0.05) is 23.7 Å². The lowest BCUT2D eigenvalue weighted by Crippen LogP contribution is -2.36. The van der Waals surface area contributed by atoms with Crippen molar-refractivity contribution in [1.82, 2.24) is 0 Å². The number of rotatable bonds is 4. The molecule has 1 N–H and O–H groups in total. The lowest BCUT2D eigenvalue weighted by Gasteiger charge is -2.32. The Morgan fingerprint density at radius 2 is 2.00 bits per heavy atom. The zero-order valence-electron chi connectivity index (χ0n) is 16.6. The average Bonchev–Trinajstić information content (AvgIpc) is 3.44. The normalized spacial score (nSPS) is 20.3. The number of amides is 2. The molecule has 0 spiro atoms. The fourth-order valence-corrected chi connectivity index (χ4v) is 4.03. The van der Waals surface area contributed by atoms with Crippen molar-refractivity contribution in [2.45, 2.75) is 33.1 Å². The van der Waals surface area contributed by atoms with Crippen molar-refractivity contribution in [2.75, 3.05) is 23.9 Å². The van der Waals surface area contributed by atoms with Gasteiger partial charge >= 0.3 is 0 Å². The maximum atomic E-state index is 13.3. The van der Waals surface area contributed by atoms with Crippen LogP contribution in [0, 0.1) is 18.8 Å². The second-order valence-electron chi connectivity index (χ2n) is 7.86. The second kappa shape index (κ2) is 7.30. The highest BCUT2D eigenvalue weighted by atomic mass is 16.5. The number of benzene rings is 2. The van der Waals surface area contributed by atoms with E-state index in [0.717, 1.165) is 30.7 Å². The van der Waals surface area contributed by atoms with Crippen LogP contribution in [0.3, 0.4) is 0 Å². The lowest BCUT2D eigenvalue weighted by atomic mass is 9.95. The minimum Gasteiger partial charge on any atom is -0.495 e. The van der Waals surface area contributed by atoms with Crippen LogP contribution in [0.2, 0.25) is 0 Å². The SMILES string of the molecule is COc1ccc(C)c2c1N(C(=O)c1cccc(NC(=O)C3CC3C)c1)CCC2. The van der Waals surface area contributed by atoms with Gasteiger partial charge in [-0.25, -0.2) is 0 Å². The van der Waals surface area contributed by atoms with E-state index in [-0.39, 0.29) is 17.7 Å². The van der Waals surface area contributed by atoms with E-state index in [0.29, 0.717) is 23.7 Å². The highest BCUT2D eigenvalue weighted by molar-refractivity contribution is 6.08. The van der Waals surface area contributed by atoms with E-state index in [9.17, 15) is 9.59 Å². The number of methoxy groups -OCH3 is 1. The monoisotopic (exact) mass is 378 g/mol. The number of carbonyl (C=O) groups excluding carboxylic acids is 2. The minimum atomic E-state index is -0.0688. The van der Waals surface area contributed by atoms with Gasteiger partial charge in [0.25, 0.3) is 5.91 Å². The van der Waals surface area contributed by atoms with Crippen molar-refractivity contribution in [3.05, 3.63) is 53.1 Å². The van der Waals surface area contributed by atoms with Crippen LogP contribution in [-0.4, -0.2) is 25.5 Å². The van der Waals surface area contributed by atoms with E-state index in [2.05, 4.69) is 19.2 Å². The summed E-state index contributed by atoms with van der Waals surface area (Å²) in [6.45, 7) is 4.80. The quantitative estimate of drug-likeness (QED) is 0.868. The van der Waals surface area contributed by atoms with Gasteiger partial charge in [-0.3, -0.25) is 9.59 Å². The number of nitrogens with zero attached hydrogens (tertiary/aromatic N) is 1. The largest absolute Gasteiger partial charge is 0.495 e. The summed E-state index contributed by atoms with van der Waals surface area (Å²) in [5.41, 5.74) is 4.46. The Hall–Kier alpha value is -2.82. The Morgan fingerprint density at radius 3 is 2.71 bits per heavy atom. The fourth-order valence-electron chi connectivity index (χ4n) is 4.03. The molecule has 1 aliphatic carbocycles. The van der Waals surface area contributed by atoms with Gasteiger partial charge in [0.1, 0.15) is 5.75 Å². The minimum absolute atomic E-state index is 0.0395. The van der Waals surface area contributed by atoms with Gasteiger partial charge in [0.2, 0.25) is 5.91 Å². The fraction of sp³-hybridized carbons (Fsp3) is 0.391. The third-order valence-corrected chi connectivity index (χ3v) is 5.85. The van der Waals surface area contributed by atoms with Crippen LogP contribution in [0.25, 0.3) is 0 Å². The van der Waals surface area contributed by atoms with Crippen molar-refractivity contribution in [1.29, 1.82) is 0 Å². The molecular weight excluding hydrogens is 352 g/mol. The first kappa shape index (κ1) is 18.5. The first-order valence-electron chi connectivity index (χ1n) is 9.89. The number of fused-ring (bicyclic) bond motifs is 1. The summed E-state index contributed by atoms with van der Waals surface area (Å²) >= 11 is 0. The summed E-state index contributed by atoms with van der Waals surface area (Å²) in [5.74, 6) is 1.24. The summed E-state index contributed by atoms with van der Waals surface area (Å²) < 4.78 is 5.55. The molecule has 1 saturated carbocycles. The number of aryl methyl sites for hydroxylation is 1. The van der Waals surface area contributed by atoms with Gasteiger partial charge in [-0.05, 0) is 67.5 Å². The van der Waals surface area contributed by atoms with Crippen molar-refractivity contribution in [2.24, 2.45) is 11.8 Å². The molecule has 5 nitrogen and oxygen atoms in total. The molecule has 1 heterocycles. The molecule has 1 fully saturated rings. The molecule has 0 aromatic heterocycles. The van der Waals surface area contributed by atoms with Crippen LogP contribution in [0.4, 0.5) is 11.4 Å². The maximum absolute atomic E-state index is 13.3. The van der Waals surface area contributed by atoms with Crippen LogP contribution in [0.5, 0.6) is 5.75 Å². The van der Waals surface area contributed by atoms with Crippen LogP contribution in [0.1, 0.15) is 41.3 Å². The Balaban J connectivity index is 1.62. The van der Waals surface area contributed by atoms with Crippen molar-refractivity contribution in [3.8, 4) is 5.75 Å². The topological polar surface area (TPSA) is 58.6 Å². The average molecular weight is 378 g/mol. The number of hydrogen-bond donors (Lipinski definition) is 1. The smallest absolute Gasteiger partial charge is 0.258 e. The number of carbonyl (C=O) groups is 2. The second-order valence-corrected chi connectivity index (χ2v) is 7.86. The molecule has 2 aromatic carbocycles. The summed E-state index contributed by atoms with van der Waals surface area (Å²) in [4.78, 5) is 27.4. The Labute approximate surface area is 165 Å². The predicted octanol–water partition coefficient (Wildman–Crippen LogP) is 4.19. The molecule has 4 rings (SSSR count). The molecule has 0 radical (unpaired) electrons. The Bertz CT molecular complexity index is 937. The Morgan fingerprint density at radius 1 is 1.21 bits per heavy atom. The van der Waals surface area contributed by atoms with Crippen molar-refractivity contribution < 1.29 is 14.3 Å². The molecule has 2 amide bonds. The van der Waals surface area contributed by atoms with Crippen LogP contribution in [0.15, 0.2) is 36.4 Å². The van der Waals surface area contributed by atoms with Crippen LogP contribution in [-0.2, 0) is 11.2 Å². The number of hydrogen-bond acceptors (Lipinski definition) is 3. The zero-order valence-corrected chi connectivity index (χ0v) is 16.6. The highest BCUT2D eigenvalue weighted by Crippen LogP contribution is 2.40. The molecule has 2 unspecified atom stereocenters. The van der Waals surface area contributed by atoms with Gasteiger partial charge in [-0.15, -0.1) is 0 Å². The molecule has 146 valence electrons. The van der Waals surface area contributed by atoms with Gasteiger partial charge in [-0.1, -0.05) is 19.1 Å². The van der Waals surface area contributed by atoms with Crippen LogP contribution < -0.4 is 15.0 Å². The number of anilines is 2. The summed E-state index contributed by atoms with van der Waals surface area (Å²) in [6, 6.07) is 11.2. The first-order chi connectivity index (χ1) is 13.5. The molecule has 0 saturated heterocycles. The summed E-state index contributed by atoms with van der Waals surface area (Å²) in [5, 5.41) is 2.95. The predicted molar refractivity (Wildman–Crippen MR) is 110 cm³/mol. The lowest BCUT2D eigenvalue weighted by molar-refractivity contribution is -0.117. The molecule has 2 aromatic rings. The van der Waals surface area contributed by atoms with E-state index < -0.39 is 0 Å². The van der Waals surface area contributed by atoms with Gasteiger partial charge < -0.3 is 15.0 Å². The molecule has 2 aliphatic rings. The van der Waals surface area contributed by atoms with Crippen molar-refractivity contribution in [3.63, 3.8) is 0 Å². The van der Waals surface area contributed by atoms with E-state index in [1.165, 1.54) is 11.1 Å². The molecule has 28 heavy (non-hydrogen) atoms. The first-order valence-corrected chi connectivity index (χ1v) is 9.89. The molecule has 5 heteroatoms. The molecule has 0 bridgehead atoms. The third-order valence-electron chi connectivity index (χ3n) is 5.85. The highest BCUT2D eigenvalue weighted by Gasteiger charge is 2.39. The number of ether oxygens (including phenoxy) is 1. The number of nitrogens with one attached hydrogen (secondary N) is 1. The zero-order chi connectivity index (χ0) is 19.8. The van der Waals surface area contributed by atoms with Gasteiger partial charge in [0.05, 0.1) is 12.8 Å². The Kier molecular flexibility index (Phi) is 4.84. The molecule has 1 aliphatic heterocycles. The van der Waals surface area contributed by atoms with Gasteiger partial charge in [-0.2, -0.15) is 0 Å². The summed E-state index contributed by atoms with van der Waals surface area (Å²) in [7, 11) is 1.64. The molecule has 2 atom stereocenters. The van der Waals surface area contributed by atoms with E-state index >= 15 is 0 Å². The van der Waals surface area contributed by atoms with E-state index in [1.54, 1.807) is 19.2 Å². The third kappa shape index (κ3) is 3.37. The maximum Gasteiger partial charge on any atom is 0.258 e. The standard InChI is InChI=1S/C23H26N2O3/c1-14-9-10-20(28-3)21-18(14)8-5-11-25(21)23(27)16-6-4-7-17(13-16)24-22(26)19-12-15(19)2/h4,6-7,9-10,13,15,19H,5,8,11-12H2,1-3H3,(H,24,26). The van der Waals surface area contributed by atoms with Gasteiger partial charge in [0.15, 0.2) is 0 Å². The summed E-state index contributed by atoms with van der Waals surface area (Å²) in [6.07, 6.45) is 2.80. The van der Waals surface area contributed by atoms with E-state index in [4.69, 9.17) is 4.74 Å². The van der Waals surface area contributed by atoms with E-state index in [1.807, 2.05) is 29.2 Å². The van der Waals surface area contributed by atoms with Crippen molar-refractivity contribution >= 4 is 23.2 Å². The van der Waals surface area contributed by atoms with Crippen LogP contribution >= 0.6 is 0 Å².